The third-order valence-corrected chi connectivity index (χ3v) is 7.04. The summed E-state index contributed by atoms with van der Waals surface area (Å²) in [5, 5.41) is 3.09. The molecule has 5 heterocycles. The maximum atomic E-state index is 13.1. The van der Waals surface area contributed by atoms with Crippen LogP contribution < -0.4 is 15.1 Å². The summed E-state index contributed by atoms with van der Waals surface area (Å²) >= 11 is 3.55. The van der Waals surface area contributed by atoms with Gasteiger partial charge in [-0.2, -0.15) is 0 Å². The average Bonchev–Trinajstić information content (AvgIpc) is 2.73. The molecular weight excluding hydrogens is 358 g/mol. The first-order chi connectivity index (χ1) is 10.8. The first-order valence-electron chi connectivity index (χ1n) is 8.16. The van der Waals surface area contributed by atoms with Crippen LogP contribution in [-0.2, 0) is 15.3 Å². The zero-order chi connectivity index (χ0) is 16.2. The topological polar surface area (TPSA) is 55.1 Å². The predicted octanol–water partition coefficient (Wildman–Crippen LogP) is -1.05. The molecule has 23 heavy (non-hydrogen) atoms. The Morgan fingerprint density at radius 3 is 2.17 bits per heavy atom. The number of hydrogen-bond acceptors (Lipinski definition) is 2. The highest BCUT2D eigenvalue weighted by Gasteiger charge is 2.78. The quantitative estimate of drug-likeness (QED) is 0.540. The Kier molecular flexibility index (Phi) is 2.38. The molecule has 0 atom stereocenters. The van der Waals surface area contributed by atoms with Gasteiger partial charge in [-0.25, -0.2) is 0 Å². The summed E-state index contributed by atoms with van der Waals surface area (Å²) < 4.78 is 0.996. The molecule has 0 unspecified atom stereocenters. The van der Waals surface area contributed by atoms with Crippen molar-refractivity contribution >= 4 is 33.3 Å². The molecule has 4 saturated heterocycles. The number of carbonyl (C=O) groups excluding carboxylic acids is 2. The minimum Gasteiger partial charge on any atom is -0.314 e. The van der Waals surface area contributed by atoms with Gasteiger partial charge in [0.15, 0.2) is 5.78 Å². The van der Waals surface area contributed by atoms with E-state index in [1.54, 1.807) is 0 Å². The van der Waals surface area contributed by atoms with Crippen molar-refractivity contribution < 1.29 is 19.4 Å². The Labute approximate surface area is 143 Å². The Morgan fingerprint density at radius 1 is 1.04 bits per heavy atom. The van der Waals surface area contributed by atoms with Crippen LogP contribution >= 0.6 is 15.9 Å². The van der Waals surface area contributed by atoms with Crippen molar-refractivity contribution in [2.24, 2.45) is 10.8 Å². The summed E-state index contributed by atoms with van der Waals surface area (Å²) in [5.74, 6) is 0.495. The van der Waals surface area contributed by atoms with Gasteiger partial charge in [0, 0.05) is 4.47 Å². The number of Topliss-reactive ketones (excluding diaryl/α,β-unsaturated/α-hetero) is 1. The molecule has 0 saturated carbocycles. The molecule has 1 aromatic rings. The number of piperidine rings is 2. The second kappa shape index (κ2) is 3.87. The van der Waals surface area contributed by atoms with Gasteiger partial charge in [0.2, 0.25) is 0 Å². The van der Waals surface area contributed by atoms with Crippen molar-refractivity contribution in [2.75, 3.05) is 31.5 Å². The highest BCUT2D eigenvalue weighted by molar-refractivity contribution is 9.10. The molecule has 1 amide bonds. The van der Waals surface area contributed by atoms with Crippen molar-refractivity contribution in [2.45, 2.75) is 19.5 Å². The van der Waals surface area contributed by atoms with E-state index >= 15 is 0 Å². The van der Waals surface area contributed by atoms with E-state index in [9.17, 15) is 9.59 Å². The van der Waals surface area contributed by atoms with E-state index in [-0.39, 0.29) is 16.7 Å². The lowest BCUT2D eigenvalue weighted by Crippen LogP contribution is -3.48. The van der Waals surface area contributed by atoms with Crippen LogP contribution in [0.4, 0.5) is 5.69 Å². The van der Waals surface area contributed by atoms with Crippen LogP contribution in [0.5, 0.6) is 0 Å². The normalized spacial score (nSPS) is 46.4. The summed E-state index contributed by atoms with van der Waals surface area (Å²) in [6.07, 6.45) is 0. The highest BCUT2D eigenvalue weighted by Crippen LogP contribution is 2.41. The van der Waals surface area contributed by atoms with Crippen LogP contribution in [0.2, 0.25) is 0 Å². The monoisotopic (exact) mass is 377 g/mol. The Balaban J connectivity index is 1.74. The van der Waals surface area contributed by atoms with E-state index in [4.69, 9.17) is 0 Å². The summed E-state index contributed by atoms with van der Waals surface area (Å²) in [5.41, 5.74) is 0.832. The minimum atomic E-state index is -0.584. The third kappa shape index (κ3) is 1.42. The molecule has 0 aromatic heterocycles. The van der Waals surface area contributed by atoms with Gasteiger partial charge >= 0.3 is 11.6 Å². The molecule has 1 aromatic carbocycles. The van der Waals surface area contributed by atoms with E-state index < -0.39 is 5.66 Å². The molecule has 4 fully saturated rings. The molecular formula is C17H20BrN3O2+2. The summed E-state index contributed by atoms with van der Waals surface area (Å²) in [7, 11) is 0. The van der Waals surface area contributed by atoms with Gasteiger partial charge in [0.25, 0.3) is 0 Å². The Hall–Kier alpha value is -1.24. The highest BCUT2D eigenvalue weighted by atomic mass is 79.9. The van der Waals surface area contributed by atoms with Crippen molar-refractivity contribution in [1.29, 1.82) is 0 Å². The minimum absolute atomic E-state index is 0.0917. The lowest BCUT2D eigenvalue weighted by atomic mass is 9.60. The molecule has 4 bridgehead atoms. The first-order valence-corrected chi connectivity index (χ1v) is 8.96. The van der Waals surface area contributed by atoms with Crippen molar-refractivity contribution in [3.8, 4) is 0 Å². The third-order valence-electron chi connectivity index (χ3n) is 6.55. The SMILES string of the molecule is CC12C[NH+]3CC(C)(C[NH+](C1)C31C(=O)Nc3ccc(Br)cc31)C2=O. The number of carbonyl (C=O) groups is 2. The standard InChI is InChI=1S/C17H18BrN3O2/c1-15-6-20-8-16(2,13(15)22)9-21(7-15)17(20)11-5-10(18)3-4-12(11)19-14(17)23/h3-5H,6-9H2,1-2H3,(H,19,23)/p+2. The second-order valence-electron chi connectivity index (χ2n) is 8.26. The lowest BCUT2D eigenvalue weighted by Gasteiger charge is -2.61. The molecule has 0 aliphatic carbocycles. The summed E-state index contributed by atoms with van der Waals surface area (Å²) in [6.45, 7) is 7.20. The first kappa shape index (κ1) is 14.1. The van der Waals surface area contributed by atoms with Crippen LogP contribution in [0.15, 0.2) is 22.7 Å². The Morgan fingerprint density at radius 2 is 1.61 bits per heavy atom. The van der Waals surface area contributed by atoms with E-state index in [2.05, 4.69) is 41.2 Å². The number of nitrogens with one attached hydrogen (secondary N) is 3. The van der Waals surface area contributed by atoms with Crippen LogP contribution in [0, 0.1) is 10.8 Å². The zero-order valence-corrected chi connectivity index (χ0v) is 14.8. The predicted molar refractivity (Wildman–Crippen MR) is 87.1 cm³/mol. The van der Waals surface area contributed by atoms with Gasteiger partial charge in [-0.15, -0.1) is 0 Å². The maximum Gasteiger partial charge on any atom is 0.351 e. The molecule has 5 nitrogen and oxygen atoms in total. The number of ketones is 1. The number of benzene rings is 1. The summed E-state index contributed by atoms with van der Waals surface area (Å²) in [6, 6.07) is 6.03. The van der Waals surface area contributed by atoms with E-state index in [1.807, 2.05) is 12.1 Å². The number of hydrogen-bond donors (Lipinski definition) is 3. The number of fused-ring (bicyclic) bond motifs is 1. The molecule has 6 rings (SSSR count). The fraction of sp³-hybridized carbons (Fsp3) is 0.529. The van der Waals surface area contributed by atoms with Crippen LogP contribution in [-0.4, -0.2) is 37.9 Å². The number of anilines is 1. The fourth-order valence-electron chi connectivity index (χ4n) is 5.94. The van der Waals surface area contributed by atoms with Gasteiger partial charge in [0.05, 0.1) is 5.69 Å². The fourth-order valence-corrected chi connectivity index (χ4v) is 6.30. The summed E-state index contributed by atoms with van der Waals surface area (Å²) in [4.78, 5) is 28.5. The molecule has 120 valence electrons. The van der Waals surface area contributed by atoms with Gasteiger partial charge in [-0.3, -0.25) is 19.4 Å². The van der Waals surface area contributed by atoms with Gasteiger partial charge in [-0.1, -0.05) is 15.9 Å². The van der Waals surface area contributed by atoms with Gasteiger partial charge < -0.3 is 5.32 Å². The average molecular weight is 378 g/mol. The maximum absolute atomic E-state index is 13.1. The molecule has 3 N–H and O–H groups in total. The van der Waals surface area contributed by atoms with E-state index in [1.165, 1.54) is 9.80 Å². The number of amides is 1. The lowest BCUT2D eigenvalue weighted by molar-refractivity contribution is -1.20. The van der Waals surface area contributed by atoms with Crippen molar-refractivity contribution in [1.82, 2.24) is 0 Å². The molecule has 1 spiro atoms. The molecule has 6 heteroatoms. The molecule has 5 aliphatic heterocycles. The van der Waals surface area contributed by atoms with Crippen molar-refractivity contribution in [3.05, 3.63) is 28.2 Å². The number of quaternary nitrogens is 2. The van der Waals surface area contributed by atoms with Crippen LogP contribution in [0.3, 0.4) is 0 Å². The molecule has 5 aliphatic rings. The van der Waals surface area contributed by atoms with Crippen LogP contribution in [0.25, 0.3) is 0 Å². The largest absolute Gasteiger partial charge is 0.351 e. The number of rotatable bonds is 0. The van der Waals surface area contributed by atoms with Crippen molar-refractivity contribution in [3.63, 3.8) is 0 Å². The Bertz CT molecular complexity index is 750. The second-order valence-corrected chi connectivity index (χ2v) is 9.17. The van der Waals surface area contributed by atoms with E-state index in [0.29, 0.717) is 5.78 Å². The van der Waals surface area contributed by atoms with Crippen LogP contribution in [0.1, 0.15) is 19.4 Å². The number of halogens is 1. The zero-order valence-electron chi connectivity index (χ0n) is 13.3. The van der Waals surface area contributed by atoms with Gasteiger partial charge in [0.1, 0.15) is 42.6 Å². The van der Waals surface area contributed by atoms with Gasteiger partial charge in [-0.05, 0) is 32.0 Å². The smallest absolute Gasteiger partial charge is 0.314 e. The molecule has 0 radical (unpaired) electrons. The van der Waals surface area contributed by atoms with E-state index in [0.717, 1.165) is 41.9 Å².